The third-order valence-electron chi connectivity index (χ3n) is 3.14. The van der Waals surface area contributed by atoms with Crippen LogP contribution < -0.4 is 0 Å². The number of hydrogen-bond donors (Lipinski definition) is 0. The van der Waals surface area contributed by atoms with Crippen LogP contribution in [-0.4, -0.2) is 10.2 Å². The van der Waals surface area contributed by atoms with E-state index < -0.39 is 0 Å². The van der Waals surface area contributed by atoms with Gasteiger partial charge >= 0.3 is 0 Å². The third kappa shape index (κ3) is 6.68. The zero-order valence-corrected chi connectivity index (χ0v) is 20.3. The number of carbonyl (C=O) groups is 2. The maximum absolute atomic E-state index is 11.8. The van der Waals surface area contributed by atoms with E-state index in [0.717, 1.165) is 52.1 Å². The summed E-state index contributed by atoms with van der Waals surface area (Å²) in [6.07, 6.45) is 0. The fourth-order valence-corrected chi connectivity index (χ4v) is 5.54. The molecule has 0 bridgehead atoms. The largest absolute Gasteiger partial charge is 0.282 e. The van der Waals surface area contributed by atoms with Crippen LogP contribution in [0.15, 0.2) is 89.2 Å². The van der Waals surface area contributed by atoms with Gasteiger partial charge in [0.05, 0.1) is 0 Å². The Morgan fingerprint density at radius 1 is 0.778 bits per heavy atom. The van der Waals surface area contributed by atoms with Gasteiger partial charge in [0.25, 0.3) is 0 Å². The molecule has 0 heterocycles. The van der Waals surface area contributed by atoms with Crippen molar-refractivity contribution in [2.75, 3.05) is 0 Å². The van der Waals surface area contributed by atoms with E-state index in [1.54, 1.807) is 25.6 Å². The molecule has 0 aromatic heterocycles. The molecular weight excluding hydrogens is 528 g/mol. The summed E-state index contributed by atoms with van der Waals surface area (Å²) >= 11 is 11.0. The molecule has 0 fully saturated rings. The summed E-state index contributed by atoms with van der Waals surface area (Å²) in [5.41, 5.74) is 1.05. The maximum atomic E-state index is 11.8. The lowest BCUT2D eigenvalue weighted by Crippen LogP contribution is -1.92. The van der Waals surface area contributed by atoms with Gasteiger partial charge in [0, 0.05) is 28.5 Å². The predicted octanol–water partition coefficient (Wildman–Crippen LogP) is 7.75. The molecule has 0 spiro atoms. The summed E-state index contributed by atoms with van der Waals surface area (Å²) in [7, 11) is 0. The van der Waals surface area contributed by atoms with Crippen molar-refractivity contribution < 1.29 is 9.59 Å². The lowest BCUT2D eigenvalue weighted by atomic mass is 10.4. The first-order valence-electron chi connectivity index (χ1n) is 7.69. The Balaban J connectivity index is 2.13. The number of thioether (sulfide) groups is 2. The maximum Gasteiger partial charge on any atom is 0.219 e. The highest BCUT2D eigenvalue weighted by Gasteiger charge is 2.12. The molecule has 0 amide bonds. The van der Waals surface area contributed by atoms with Crippen molar-refractivity contribution in [3.05, 3.63) is 69.6 Å². The quantitative estimate of drug-likeness (QED) is 0.275. The summed E-state index contributed by atoms with van der Waals surface area (Å²) in [4.78, 5) is 27.5. The minimum Gasteiger partial charge on any atom is -0.282 e. The van der Waals surface area contributed by atoms with Crippen molar-refractivity contribution in [1.29, 1.82) is 0 Å². The minimum atomic E-state index is -0.0440. The van der Waals surface area contributed by atoms with E-state index >= 15 is 0 Å². The molecule has 0 radical (unpaired) electrons. The number of hydrogen-bond acceptors (Lipinski definition) is 5. The Labute approximate surface area is 188 Å². The molecule has 0 unspecified atom stereocenters. The van der Waals surface area contributed by atoms with Gasteiger partial charge in [-0.2, -0.15) is 0 Å². The van der Waals surface area contributed by atoms with E-state index in [0.29, 0.717) is 11.1 Å². The first-order valence-corrected chi connectivity index (χ1v) is 11.7. The van der Waals surface area contributed by atoms with Gasteiger partial charge in [-0.05, 0) is 117 Å². The zero-order valence-electron chi connectivity index (χ0n) is 14.7. The molecule has 2 aromatic rings. The summed E-state index contributed by atoms with van der Waals surface area (Å²) in [6.45, 7) is 10.8. The van der Waals surface area contributed by atoms with Crippen molar-refractivity contribution in [2.45, 2.75) is 33.4 Å². The van der Waals surface area contributed by atoms with E-state index in [9.17, 15) is 9.59 Å². The fourth-order valence-electron chi connectivity index (χ4n) is 1.77. The van der Waals surface area contributed by atoms with Gasteiger partial charge in [0.15, 0.2) is 0 Å². The van der Waals surface area contributed by atoms with Gasteiger partial charge in [0.1, 0.15) is 0 Å². The van der Waals surface area contributed by atoms with Crippen LogP contribution in [0, 0.1) is 0 Å². The second kappa shape index (κ2) is 10.2. The highest BCUT2D eigenvalue weighted by molar-refractivity contribution is 9.10. The van der Waals surface area contributed by atoms with Crippen LogP contribution in [0.5, 0.6) is 0 Å². The lowest BCUT2D eigenvalue weighted by Gasteiger charge is -2.09. The molecule has 0 aliphatic heterocycles. The Hall–Kier alpha value is -0.730. The lowest BCUT2D eigenvalue weighted by molar-refractivity contribution is -0.108. The van der Waals surface area contributed by atoms with Crippen molar-refractivity contribution in [1.82, 2.24) is 0 Å². The smallest absolute Gasteiger partial charge is 0.219 e. The molecule has 27 heavy (non-hydrogen) atoms. The molecule has 0 saturated carbocycles. The minimum absolute atomic E-state index is 0.0440. The van der Waals surface area contributed by atoms with Crippen LogP contribution >= 0.6 is 67.1 Å². The van der Waals surface area contributed by atoms with Crippen molar-refractivity contribution in [3.63, 3.8) is 0 Å². The summed E-state index contributed by atoms with van der Waals surface area (Å²) in [5, 5.41) is -0.0881. The van der Waals surface area contributed by atoms with Gasteiger partial charge in [-0.3, -0.25) is 9.59 Å². The molecule has 0 aliphatic carbocycles. The van der Waals surface area contributed by atoms with E-state index in [4.69, 9.17) is 0 Å². The molecule has 2 rings (SSSR count). The topological polar surface area (TPSA) is 34.1 Å². The van der Waals surface area contributed by atoms with Crippen LogP contribution in [0.1, 0.15) is 13.8 Å². The summed E-state index contributed by atoms with van der Waals surface area (Å²) in [5.74, 6) is 0. The summed E-state index contributed by atoms with van der Waals surface area (Å²) in [6, 6.07) is 11.8. The molecule has 140 valence electrons. The number of halogens is 2. The second-order valence-electron chi connectivity index (χ2n) is 5.63. The monoisotopic (exact) mass is 542 g/mol. The highest BCUT2D eigenvalue weighted by Crippen LogP contribution is 2.38. The standard InChI is InChI=1S/C20H16Br2O2S3/c1-11(2)19(23)26-17-7-5-13(9-15(17)21)25-14-6-8-18(16(22)10-14)27-20(24)12(3)4/h5-10H,1,3H2,2,4H3. The summed E-state index contributed by atoms with van der Waals surface area (Å²) < 4.78 is 1.73. The highest BCUT2D eigenvalue weighted by atomic mass is 79.9. The predicted molar refractivity (Wildman–Crippen MR) is 124 cm³/mol. The Bertz CT molecular complexity index is 863. The molecule has 7 heteroatoms. The van der Waals surface area contributed by atoms with Gasteiger partial charge in [-0.1, -0.05) is 24.9 Å². The number of rotatable bonds is 6. The van der Waals surface area contributed by atoms with Crippen LogP contribution in [-0.2, 0) is 9.59 Å². The van der Waals surface area contributed by atoms with Crippen molar-refractivity contribution in [2.24, 2.45) is 0 Å². The molecule has 0 aliphatic rings. The van der Waals surface area contributed by atoms with E-state index in [1.807, 2.05) is 36.4 Å². The molecule has 0 saturated heterocycles. The average Bonchev–Trinajstić information content (AvgIpc) is 2.59. The Kier molecular flexibility index (Phi) is 8.49. The van der Waals surface area contributed by atoms with Gasteiger partial charge < -0.3 is 0 Å². The number of benzene rings is 2. The van der Waals surface area contributed by atoms with Crippen LogP contribution in [0.2, 0.25) is 0 Å². The fraction of sp³-hybridized carbons (Fsp3) is 0.100. The third-order valence-corrected chi connectivity index (χ3v) is 8.18. The first kappa shape index (κ1) is 22.6. The average molecular weight is 544 g/mol. The van der Waals surface area contributed by atoms with E-state index in [-0.39, 0.29) is 10.2 Å². The zero-order chi connectivity index (χ0) is 20.1. The van der Waals surface area contributed by atoms with E-state index in [2.05, 4.69) is 45.0 Å². The van der Waals surface area contributed by atoms with Crippen LogP contribution in [0.4, 0.5) is 0 Å². The normalized spacial score (nSPS) is 10.5. The Morgan fingerprint density at radius 2 is 1.15 bits per heavy atom. The second-order valence-corrected chi connectivity index (χ2v) is 10.5. The van der Waals surface area contributed by atoms with Crippen molar-refractivity contribution in [3.8, 4) is 0 Å². The van der Waals surface area contributed by atoms with E-state index in [1.165, 1.54) is 0 Å². The molecule has 2 aromatic carbocycles. The molecule has 2 nitrogen and oxygen atoms in total. The SMILES string of the molecule is C=C(C)C(=O)Sc1ccc(Sc2ccc(SC(=O)C(=C)C)c(Br)c2)cc1Br. The van der Waals surface area contributed by atoms with Crippen molar-refractivity contribution >= 4 is 77.4 Å². The Morgan fingerprint density at radius 3 is 1.44 bits per heavy atom. The van der Waals surface area contributed by atoms with Gasteiger partial charge in [-0.25, -0.2) is 0 Å². The van der Waals surface area contributed by atoms with Gasteiger partial charge in [-0.15, -0.1) is 0 Å². The first-order chi connectivity index (χ1) is 12.7. The molecule has 0 atom stereocenters. The molecular formula is C20H16Br2O2S3. The number of carbonyl (C=O) groups excluding carboxylic acids is 2. The van der Waals surface area contributed by atoms with Crippen LogP contribution in [0.3, 0.4) is 0 Å². The van der Waals surface area contributed by atoms with Gasteiger partial charge in [0.2, 0.25) is 10.2 Å². The van der Waals surface area contributed by atoms with Crippen LogP contribution in [0.25, 0.3) is 0 Å². The molecule has 0 N–H and O–H groups in total.